The first-order valence-corrected chi connectivity index (χ1v) is 11.7. The van der Waals surface area contributed by atoms with Gasteiger partial charge in [-0.15, -0.1) is 0 Å². The fourth-order valence-electron chi connectivity index (χ4n) is 4.33. The Morgan fingerprint density at radius 1 is 1.00 bits per heavy atom. The van der Waals surface area contributed by atoms with Crippen molar-refractivity contribution in [1.29, 1.82) is 0 Å². The van der Waals surface area contributed by atoms with Crippen LogP contribution in [-0.2, 0) is 11.3 Å². The summed E-state index contributed by atoms with van der Waals surface area (Å²) < 4.78 is 7.54. The molecule has 3 aromatic rings. The van der Waals surface area contributed by atoms with E-state index in [0.29, 0.717) is 19.3 Å². The molecule has 2 fully saturated rings. The summed E-state index contributed by atoms with van der Waals surface area (Å²) in [5, 5.41) is 5.96. The van der Waals surface area contributed by atoms with Gasteiger partial charge in [0.05, 0.1) is 30.8 Å². The van der Waals surface area contributed by atoms with Gasteiger partial charge >= 0.3 is 0 Å². The lowest BCUT2D eigenvalue weighted by Crippen LogP contribution is -2.37. The van der Waals surface area contributed by atoms with E-state index in [1.54, 1.807) is 0 Å². The number of anilines is 1. The Morgan fingerprint density at radius 2 is 1.71 bits per heavy atom. The van der Waals surface area contributed by atoms with Gasteiger partial charge in [0.15, 0.2) is 5.65 Å². The van der Waals surface area contributed by atoms with Crippen LogP contribution in [0.15, 0.2) is 36.5 Å². The third-order valence-corrected chi connectivity index (χ3v) is 6.04. The van der Waals surface area contributed by atoms with E-state index in [1.807, 2.05) is 20.0 Å². The second-order valence-electron chi connectivity index (χ2n) is 7.74. The lowest BCUT2D eigenvalue weighted by atomic mass is 10.0. The molecule has 31 heavy (non-hydrogen) atoms. The second kappa shape index (κ2) is 10.4. The maximum absolute atomic E-state index is 6.29. The summed E-state index contributed by atoms with van der Waals surface area (Å²) in [5.41, 5.74) is 2.21. The molecule has 2 aliphatic rings. The molecule has 8 heteroatoms. The molecule has 1 aromatic carbocycles. The molecule has 0 aliphatic carbocycles. The molecular weight excluding hydrogens is 412 g/mol. The fraction of sp³-hybridized carbons (Fsp3) is 0.522. The van der Waals surface area contributed by atoms with Crippen molar-refractivity contribution < 1.29 is 4.74 Å². The molecule has 0 N–H and O–H groups in total. The first-order chi connectivity index (χ1) is 15.3. The maximum atomic E-state index is 6.29. The number of benzene rings is 1. The number of nitrogens with zero attached hydrogens (tertiary/aromatic N) is 6. The highest BCUT2D eigenvalue weighted by Gasteiger charge is 2.25. The summed E-state index contributed by atoms with van der Waals surface area (Å²) in [6, 6.07) is 11.0. The zero-order chi connectivity index (χ0) is 21.6. The SMILES string of the molecule is CC.Clc1nc(N2CCOCC2)c2cnn(C3CCN(Cc4ccccc4)CC3)c2n1. The van der Waals surface area contributed by atoms with Gasteiger partial charge in [-0.3, -0.25) is 4.90 Å². The largest absolute Gasteiger partial charge is 0.378 e. The van der Waals surface area contributed by atoms with E-state index in [2.05, 4.69) is 54.8 Å². The number of halogens is 1. The molecule has 0 bridgehead atoms. The lowest BCUT2D eigenvalue weighted by molar-refractivity contribution is 0.122. The molecule has 0 amide bonds. The highest BCUT2D eigenvalue weighted by atomic mass is 35.5. The summed E-state index contributed by atoms with van der Waals surface area (Å²) in [6.07, 6.45) is 4.00. The van der Waals surface area contributed by atoms with Crippen LogP contribution in [0.3, 0.4) is 0 Å². The molecule has 5 rings (SSSR count). The van der Waals surface area contributed by atoms with Crippen molar-refractivity contribution in [3.63, 3.8) is 0 Å². The van der Waals surface area contributed by atoms with Crippen LogP contribution in [0.5, 0.6) is 0 Å². The smallest absolute Gasteiger partial charge is 0.226 e. The van der Waals surface area contributed by atoms with E-state index < -0.39 is 0 Å². The Morgan fingerprint density at radius 3 is 2.42 bits per heavy atom. The van der Waals surface area contributed by atoms with Gasteiger partial charge in [0, 0.05) is 32.7 Å². The molecule has 2 aliphatic heterocycles. The number of fused-ring (bicyclic) bond motifs is 1. The van der Waals surface area contributed by atoms with Crippen LogP contribution in [0.25, 0.3) is 11.0 Å². The Kier molecular flexibility index (Phi) is 7.37. The normalized spacial score (nSPS) is 18.1. The van der Waals surface area contributed by atoms with Crippen molar-refractivity contribution in [3.8, 4) is 0 Å². The third-order valence-electron chi connectivity index (χ3n) is 5.87. The molecule has 0 radical (unpaired) electrons. The number of rotatable bonds is 4. The van der Waals surface area contributed by atoms with Gasteiger partial charge in [-0.25, -0.2) is 4.68 Å². The molecule has 7 nitrogen and oxygen atoms in total. The topological polar surface area (TPSA) is 59.3 Å². The highest BCUT2D eigenvalue weighted by molar-refractivity contribution is 6.28. The minimum atomic E-state index is 0.280. The van der Waals surface area contributed by atoms with Crippen LogP contribution in [0.4, 0.5) is 5.82 Å². The molecule has 2 saturated heterocycles. The standard InChI is InChI=1S/C21H25ClN6O.C2H6/c22-21-24-19(27-10-12-29-13-11-27)18-14-23-28(20(18)25-21)17-6-8-26(9-7-17)15-16-4-2-1-3-5-16;1-2/h1-5,14,17H,6-13,15H2;1-2H3. The van der Waals surface area contributed by atoms with Crippen LogP contribution in [0, 0.1) is 0 Å². The average Bonchev–Trinajstić information content (AvgIpc) is 3.25. The number of ether oxygens (including phenoxy) is 1. The van der Waals surface area contributed by atoms with Crippen LogP contribution >= 0.6 is 11.6 Å². The van der Waals surface area contributed by atoms with E-state index in [0.717, 1.165) is 62.4 Å². The minimum Gasteiger partial charge on any atom is -0.378 e. The molecule has 0 saturated carbocycles. The number of hydrogen-bond donors (Lipinski definition) is 0. The minimum absolute atomic E-state index is 0.280. The Balaban J connectivity index is 0.00000112. The van der Waals surface area contributed by atoms with Gasteiger partial charge < -0.3 is 9.64 Å². The molecule has 0 atom stereocenters. The maximum Gasteiger partial charge on any atom is 0.226 e. The van der Waals surface area contributed by atoms with Crippen LogP contribution in [-0.4, -0.2) is 64.0 Å². The summed E-state index contributed by atoms with van der Waals surface area (Å²) in [4.78, 5) is 13.8. The van der Waals surface area contributed by atoms with Gasteiger partial charge in [-0.2, -0.15) is 15.1 Å². The molecular formula is C23H31ClN6O. The van der Waals surface area contributed by atoms with Gasteiger partial charge in [0.25, 0.3) is 0 Å². The predicted molar refractivity (Wildman–Crippen MR) is 125 cm³/mol. The van der Waals surface area contributed by atoms with E-state index >= 15 is 0 Å². The Bertz CT molecular complexity index is 965. The van der Waals surface area contributed by atoms with Crippen LogP contribution in [0.2, 0.25) is 5.28 Å². The number of morpholine rings is 1. The van der Waals surface area contributed by atoms with Gasteiger partial charge in [-0.05, 0) is 30.0 Å². The van der Waals surface area contributed by atoms with Crippen LogP contribution < -0.4 is 4.90 Å². The number of likely N-dealkylation sites (tertiary alicyclic amines) is 1. The van der Waals surface area contributed by atoms with Crippen molar-refractivity contribution in [2.24, 2.45) is 0 Å². The summed E-state index contributed by atoms with van der Waals surface area (Å²) >= 11 is 6.29. The highest BCUT2D eigenvalue weighted by Crippen LogP contribution is 2.31. The molecule has 0 unspecified atom stereocenters. The quantitative estimate of drug-likeness (QED) is 0.565. The van der Waals surface area contributed by atoms with Crippen molar-refractivity contribution in [1.82, 2.24) is 24.6 Å². The molecule has 2 aromatic heterocycles. The zero-order valence-corrected chi connectivity index (χ0v) is 19.1. The molecule has 4 heterocycles. The molecule has 0 spiro atoms. The van der Waals surface area contributed by atoms with Crippen molar-refractivity contribution in [2.45, 2.75) is 39.3 Å². The van der Waals surface area contributed by atoms with E-state index in [4.69, 9.17) is 21.4 Å². The predicted octanol–water partition coefficient (Wildman–Crippen LogP) is 4.18. The zero-order valence-electron chi connectivity index (χ0n) is 18.4. The number of hydrogen-bond acceptors (Lipinski definition) is 6. The summed E-state index contributed by atoms with van der Waals surface area (Å²) in [5.74, 6) is 0.871. The van der Waals surface area contributed by atoms with Crippen LogP contribution in [0.1, 0.15) is 38.3 Å². The van der Waals surface area contributed by atoms with Crippen molar-refractivity contribution >= 4 is 28.5 Å². The van der Waals surface area contributed by atoms with Gasteiger partial charge in [0.1, 0.15) is 5.82 Å². The first-order valence-electron chi connectivity index (χ1n) is 11.3. The average molecular weight is 443 g/mol. The Hall–Kier alpha value is -2.22. The van der Waals surface area contributed by atoms with E-state index in [-0.39, 0.29) is 5.28 Å². The summed E-state index contributed by atoms with van der Waals surface area (Å²) in [6.45, 7) is 10.1. The monoisotopic (exact) mass is 442 g/mol. The van der Waals surface area contributed by atoms with Crippen molar-refractivity contribution in [3.05, 3.63) is 47.4 Å². The second-order valence-corrected chi connectivity index (χ2v) is 8.07. The first kappa shape index (κ1) is 22.0. The number of piperidine rings is 1. The summed E-state index contributed by atoms with van der Waals surface area (Å²) in [7, 11) is 0. The fourth-order valence-corrected chi connectivity index (χ4v) is 4.49. The number of aromatic nitrogens is 4. The third kappa shape index (κ3) is 5.00. The molecule has 166 valence electrons. The lowest BCUT2D eigenvalue weighted by Gasteiger charge is -2.32. The van der Waals surface area contributed by atoms with Gasteiger partial charge in [-0.1, -0.05) is 44.2 Å². The van der Waals surface area contributed by atoms with E-state index in [9.17, 15) is 0 Å². The van der Waals surface area contributed by atoms with Gasteiger partial charge in [0.2, 0.25) is 5.28 Å². The Labute approximate surface area is 189 Å². The van der Waals surface area contributed by atoms with E-state index in [1.165, 1.54) is 5.56 Å². The van der Waals surface area contributed by atoms with Crippen molar-refractivity contribution in [2.75, 3.05) is 44.3 Å².